The van der Waals surface area contributed by atoms with E-state index in [1.54, 1.807) is 21.7 Å². The number of nitrogens with zero attached hydrogens (tertiary/aromatic N) is 4. The minimum Gasteiger partial charge on any atom is -0.334 e. The molecule has 3 heterocycles. The van der Waals surface area contributed by atoms with E-state index in [0.717, 1.165) is 17.7 Å². The van der Waals surface area contributed by atoms with Crippen molar-refractivity contribution in [1.29, 1.82) is 0 Å². The van der Waals surface area contributed by atoms with Crippen molar-refractivity contribution in [2.45, 2.75) is 18.9 Å². The highest BCUT2D eigenvalue weighted by Crippen LogP contribution is 2.26. The van der Waals surface area contributed by atoms with Gasteiger partial charge < -0.3 is 10.6 Å². The van der Waals surface area contributed by atoms with Crippen LogP contribution in [0, 0.1) is 5.82 Å². The molecule has 1 aliphatic heterocycles. The maximum absolute atomic E-state index is 13.3. The fourth-order valence-corrected chi connectivity index (χ4v) is 3.76. The number of hydrogen-bond acceptors (Lipinski definition) is 5. The van der Waals surface area contributed by atoms with Gasteiger partial charge >= 0.3 is 0 Å². The molecule has 1 aromatic carbocycles. The van der Waals surface area contributed by atoms with Crippen molar-refractivity contribution in [2.24, 2.45) is 5.73 Å². The number of amides is 1. The SMILES string of the molecule is NC1CCCN(C(=O)c2nc(-c3cccs3)n(-c3ccc(F)cc3)n2)C1. The third-order valence-electron chi connectivity index (χ3n) is 4.36. The fourth-order valence-electron chi connectivity index (χ4n) is 3.07. The van der Waals surface area contributed by atoms with Crippen LogP contribution in [-0.4, -0.2) is 44.7 Å². The zero-order valence-electron chi connectivity index (χ0n) is 14.0. The van der Waals surface area contributed by atoms with Gasteiger partial charge in [-0.3, -0.25) is 4.79 Å². The molecule has 0 saturated carbocycles. The van der Waals surface area contributed by atoms with Crippen molar-refractivity contribution < 1.29 is 9.18 Å². The molecule has 1 aliphatic rings. The van der Waals surface area contributed by atoms with Crippen molar-refractivity contribution in [1.82, 2.24) is 19.7 Å². The van der Waals surface area contributed by atoms with Gasteiger partial charge in [0, 0.05) is 19.1 Å². The van der Waals surface area contributed by atoms with Crippen LogP contribution in [0.3, 0.4) is 0 Å². The number of likely N-dealkylation sites (tertiary alicyclic amines) is 1. The van der Waals surface area contributed by atoms with Gasteiger partial charge in [-0.2, -0.15) is 0 Å². The number of carbonyl (C=O) groups is 1. The molecule has 1 fully saturated rings. The van der Waals surface area contributed by atoms with E-state index in [4.69, 9.17) is 5.73 Å². The Bertz CT molecular complexity index is 906. The van der Waals surface area contributed by atoms with Crippen molar-refractivity contribution in [2.75, 3.05) is 13.1 Å². The van der Waals surface area contributed by atoms with Gasteiger partial charge in [-0.25, -0.2) is 14.1 Å². The molecule has 1 saturated heterocycles. The van der Waals surface area contributed by atoms with Crippen LogP contribution in [0.1, 0.15) is 23.5 Å². The van der Waals surface area contributed by atoms with Gasteiger partial charge in [0.1, 0.15) is 5.82 Å². The second-order valence-electron chi connectivity index (χ2n) is 6.28. The highest BCUT2D eigenvalue weighted by Gasteiger charge is 2.27. The highest BCUT2D eigenvalue weighted by molar-refractivity contribution is 7.13. The average molecular weight is 371 g/mol. The summed E-state index contributed by atoms with van der Waals surface area (Å²) in [6.45, 7) is 1.17. The fraction of sp³-hybridized carbons (Fsp3) is 0.278. The summed E-state index contributed by atoms with van der Waals surface area (Å²) in [6, 6.07) is 9.77. The van der Waals surface area contributed by atoms with Gasteiger partial charge in [0.25, 0.3) is 5.91 Å². The molecule has 1 atom stereocenters. The van der Waals surface area contributed by atoms with E-state index in [-0.39, 0.29) is 23.6 Å². The molecule has 8 heteroatoms. The Morgan fingerprint density at radius 2 is 2.08 bits per heavy atom. The summed E-state index contributed by atoms with van der Waals surface area (Å²) < 4.78 is 14.9. The van der Waals surface area contributed by atoms with Crippen LogP contribution in [0.4, 0.5) is 4.39 Å². The lowest BCUT2D eigenvalue weighted by Gasteiger charge is -2.29. The lowest BCUT2D eigenvalue weighted by atomic mass is 10.1. The quantitative estimate of drug-likeness (QED) is 0.768. The Morgan fingerprint density at radius 1 is 1.27 bits per heavy atom. The Morgan fingerprint density at radius 3 is 2.77 bits per heavy atom. The van der Waals surface area contributed by atoms with Crippen LogP contribution in [0.5, 0.6) is 0 Å². The molecule has 134 valence electrons. The molecule has 0 aliphatic carbocycles. The number of nitrogens with two attached hydrogens (primary N) is 1. The summed E-state index contributed by atoms with van der Waals surface area (Å²) in [7, 11) is 0. The van der Waals surface area contributed by atoms with Crippen molar-refractivity contribution in [3.05, 3.63) is 53.4 Å². The van der Waals surface area contributed by atoms with E-state index >= 15 is 0 Å². The maximum atomic E-state index is 13.3. The summed E-state index contributed by atoms with van der Waals surface area (Å²) in [5.41, 5.74) is 6.63. The van der Waals surface area contributed by atoms with Crippen molar-refractivity contribution in [3.63, 3.8) is 0 Å². The first kappa shape index (κ1) is 16.9. The molecule has 2 aromatic heterocycles. The number of rotatable bonds is 3. The molecule has 0 spiro atoms. The van der Waals surface area contributed by atoms with Gasteiger partial charge in [-0.05, 0) is 48.6 Å². The lowest BCUT2D eigenvalue weighted by Crippen LogP contribution is -2.46. The van der Waals surface area contributed by atoms with Crippen LogP contribution >= 0.6 is 11.3 Å². The smallest absolute Gasteiger partial charge is 0.293 e. The molecule has 0 bridgehead atoms. The van der Waals surface area contributed by atoms with Crippen LogP contribution in [0.25, 0.3) is 16.4 Å². The zero-order valence-corrected chi connectivity index (χ0v) is 14.8. The molecule has 1 unspecified atom stereocenters. The Labute approximate surface area is 154 Å². The molecular formula is C18H18FN5OS. The van der Waals surface area contributed by atoms with E-state index < -0.39 is 0 Å². The van der Waals surface area contributed by atoms with E-state index in [0.29, 0.717) is 24.6 Å². The third-order valence-corrected chi connectivity index (χ3v) is 5.22. The Kier molecular flexibility index (Phi) is 4.52. The molecule has 1 amide bonds. The monoisotopic (exact) mass is 371 g/mol. The lowest BCUT2D eigenvalue weighted by molar-refractivity contribution is 0.0696. The van der Waals surface area contributed by atoms with Crippen LogP contribution in [-0.2, 0) is 0 Å². The molecule has 4 rings (SSSR count). The van der Waals surface area contributed by atoms with Crippen LogP contribution in [0.2, 0.25) is 0 Å². The number of carbonyl (C=O) groups excluding carboxylic acids is 1. The standard InChI is InChI=1S/C18H18FN5OS/c19-12-5-7-14(8-6-12)24-17(15-4-2-10-26-15)21-16(22-24)18(25)23-9-1-3-13(20)11-23/h2,4-8,10,13H,1,3,9,11,20H2. The number of thiophene rings is 1. The molecule has 6 nitrogen and oxygen atoms in total. The van der Waals surface area contributed by atoms with Gasteiger partial charge in [-0.15, -0.1) is 16.4 Å². The zero-order chi connectivity index (χ0) is 18.1. The van der Waals surface area contributed by atoms with Crippen molar-refractivity contribution >= 4 is 17.2 Å². The summed E-state index contributed by atoms with van der Waals surface area (Å²) >= 11 is 1.51. The molecule has 0 radical (unpaired) electrons. The average Bonchev–Trinajstić information content (AvgIpc) is 3.31. The Balaban J connectivity index is 1.74. The first-order valence-electron chi connectivity index (χ1n) is 8.43. The number of aromatic nitrogens is 3. The van der Waals surface area contributed by atoms with E-state index in [9.17, 15) is 9.18 Å². The number of benzene rings is 1. The predicted octanol–water partition coefficient (Wildman–Crippen LogP) is 2.70. The minimum absolute atomic E-state index is 0.0105. The first-order valence-corrected chi connectivity index (χ1v) is 9.31. The highest BCUT2D eigenvalue weighted by atomic mass is 32.1. The van der Waals surface area contributed by atoms with E-state index in [1.807, 2.05) is 17.5 Å². The number of piperidine rings is 1. The molecule has 26 heavy (non-hydrogen) atoms. The van der Waals surface area contributed by atoms with Gasteiger partial charge in [0.15, 0.2) is 5.82 Å². The summed E-state index contributed by atoms with van der Waals surface area (Å²) in [6.07, 6.45) is 1.80. The summed E-state index contributed by atoms with van der Waals surface area (Å²) in [5.74, 6) is 0.145. The number of halogens is 1. The third kappa shape index (κ3) is 3.25. The second-order valence-corrected chi connectivity index (χ2v) is 7.23. The van der Waals surface area contributed by atoms with Crippen LogP contribution < -0.4 is 5.73 Å². The van der Waals surface area contributed by atoms with Crippen LogP contribution in [0.15, 0.2) is 41.8 Å². The molecular weight excluding hydrogens is 353 g/mol. The van der Waals surface area contributed by atoms with Crippen molar-refractivity contribution in [3.8, 4) is 16.4 Å². The molecule has 3 aromatic rings. The van der Waals surface area contributed by atoms with Gasteiger partial charge in [-0.1, -0.05) is 6.07 Å². The normalized spacial score (nSPS) is 17.5. The predicted molar refractivity (Wildman–Crippen MR) is 97.7 cm³/mol. The maximum Gasteiger partial charge on any atom is 0.293 e. The summed E-state index contributed by atoms with van der Waals surface area (Å²) in [5, 5.41) is 6.36. The van der Waals surface area contributed by atoms with E-state index in [2.05, 4.69) is 10.1 Å². The number of hydrogen-bond donors (Lipinski definition) is 1. The molecule has 2 N–H and O–H groups in total. The largest absolute Gasteiger partial charge is 0.334 e. The second kappa shape index (κ2) is 6.97. The van der Waals surface area contributed by atoms with E-state index in [1.165, 1.54) is 23.5 Å². The van der Waals surface area contributed by atoms with Gasteiger partial charge in [0.2, 0.25) is 5.82 Å². The van der Waals surface area contributed by atoms with Gasteiger partial charge in [0.05, 0.1) is 10.6 Å². The Hall–Kier alpha value is -2.58. The topological polar surface area (TPSA) is 77.0 Å². The minimum atomic E-state index is -0.329. The first-order chi connectivity index (χ1) is 12.6. The summed E-state index contributed by atoms with van der Waals surface area (Å²) in [4.78, 5) is 19.9.